The number of amides is 1. The molecule has 2 fully saturated rings. The van der Waals surface area contributed by atoms with E-state index in [1.807, 2.05) is 11.8 Å². The van der Waals surface area contributed by atoms with Gasteiger partial charge in [0.25, 0.3) is 0 Å². The zero-order valence-electron chi connectivity index (χ0n) is 11.3. The van der Waals surface area contributed by atoms with Gasteiger partial charge in [-0.1, -0.05) is 20.8 Å². The maximum absolute atomic E-state index is 12.0. The number of piperidine rings is 1. The van der Waals surface area contributed by atoms with Gasteiger partial charge in [-0.25, -0.2) is 4.79 Å². The quantitative estimate of drug-likeness (QED) is 0.755. The minimum atomic E-state index is -0.0680. The lowest BCUT2D eigenvalue weighted by Gasteiger charge is -2.39. The molecule has 0 aromatic carbocycles. The Morgan fingerprint density at radius 3 is 2.35 bits per heavy atom. The van der Waals surface area contributed by atoms with Gasteiger partial charge >= 0.3 is 6.09 Å². The second kappa shape index (κ2) is 5.28. The Hall–Kier alpha value is -0.730. The molecule has 0 aromatic heterocycles. The summed E-state index contributed by atoms with van der Waals surface area (Å²) in [7, 11) is 0. The second-order valence-electron chi connectivity index (χ2n) is 5.88. The summed E-state index contributed by atoms with van der Waals surface area (Å²) in [6.07, 6.45) is 5.54. The number of hydrogen-bond donors (Lipinski definition) is 0. The number of fused-ring (bicyclic) bond motifs is 2. The zero-order valence-corrected chi connectivity index (χ0v) is 11.3. The molecule has 0 saturated carbocycles. The summed E-state index contributed by atoms with van der Waals surface area (Å²) < 4.78 is 5.29. The summed E-state index contributed by atoms with van der Waals surface area (Å²) in [5, 5.41) is 0. The Morgan fingerprint density at radius 2 is 1.88 bits per heavy atom. The lowest BCUT2D eigenvalue weighted by Crippen LogP contribution is -2.47. The van der Waals surface area contributed by atoms with Gasteiger partial charge in [0.15, 0.2) is 0 Å². The summed E-state index contributed by atoms with van der Waals surface area (Å²) >= 11 is 0. The van der Waals surface area contributed by atoms with Gasteiger partial charge in [-0.05, 0) is 43.9 Å². The van der Waals surface area contributed by atoms with Gasteiger partial charge in [0.2, 0.25) is 0 Å². The molecule has 2 aliphatic rings. The fourth-order valence-electron chi connectivity index (χ4n) is 3.33. The van der Waals surface area contributed by atoms with Gasteiger partial charge in [0.05, 0.1) is 6.61 Å². The molecule has 2 rings (SSSR count). The van der Waals surface area contributed by atoms with Crippen molar-refractivity contribution in [3.05, 3.63) is 0 Å². The predicted octanol–water partition coefficient (Wildman–Crippen LogP) is 3.43. The van der Waals surface area contributed by atoms with Crippen LogP contribution < -0.4 is 0 Å². The standard InChI is InChI=1S/C14H25NO2/c1-4-7-17-14(16)15-12-5-6-13(15)9-11(8-12)10(2)3/h10-13H,4-9H2,1-3H3. The highest BCUT2D eigenvalue weighted by atomic mass is 16.6. The van der Waals surface area contributed by atoms with Crippen molar-refractivity contribution < 1.29 is 9.53 Å². The summed E-state index contributed by atoms with van der Waals surface area (Å²) in [5.74, 6) is 1.54. The first-order chi connectivity index (χ1) is 8.13. The van der Waals surface area contributed by atoms with Crippen molar-refractivity contribution in [3.63, 3.8) is 0 Å². The van der Waals surface area contributed by atoms with Crippen LogP contribution in [-0.2, 0) is 4.74 Å². The average Bonchev–Trinajstić information content (AvgIpc) is 2.56. The van der Waals surface area contributed by atoms with Gasteiger partial charge in [0.1, 0.15) is 0 Å². The van der Waals surface area contributed by atoms with Crippen LogP contribution in [0.5, 0.6) is 0 Å². The van der Waals surface area contributed by atoms with Crippen molar-refractivity contribution in [1.29, 1.82) is 0 Å². The number of hydrogen-bond acceptors (Lipinski definition) is 2. The number of ether oxygens (including phenoxy) is 1. The van der Waals surface area contributed by atoms with E-state index >= 15 is 0 Å². The Morgan fingerprint density at radius 1 is 1.29 bits per heavy atom. The van der Waals surface area contributed by atoms with E-state index in [-0.39, 0.29) is 6.09 Å². The fraction of sp³-hybridized carbons (Fsp3) is 0.929. The van der Waals surface area contributed by atoms with E-state index in [2.05, 4.69) is 13.8 Å². The highest BCUT2D eigenvalue weighted by Gasteiger charge is 2.44. The molecule has 0 N–H and O–H groups in total. The van der Waals surface area contributed by atoms with Crippen molar-refractivity contribution in [1.82, 2.24) is 4.90 Å². The summed E-state index contributed by atoms with van der Waals surface area (Å²) in [6.45, 7) is 7.19. The largest absolute Gasteiger partial charge is 0.449 e. The SMILES string of the molecule is CCCOC(=O)N1C2CCC1CC(C(C)C)C2. The van der Waals surface area contributed by atoms with Crippen LogP contribution in [0.4, 0.5) is 4.79 Å². The Bertz CT molecular complexity index is 263. The molecule has 0 radical (unpaired) electrons. The average molecular weight is 239 g/mol. The lowest BCUT2D eigenvalue weighted by atomic mass is 9.83. The molecule has 0 aromatic rings. The number of carbonyl (C=O) groups excluding carboxylic acids is 1. The molecule has 17 heavy (non-hydrogen) atoms. The van der Waals surface area contributed by atoms with Crippen LogP contribution in [-0.4, -0.2) is 29.7 Å². The minimum Gasteiger partial charge on any atom is -0.449 e. The Balaban J connectivity index is 1.96. The molecule has 1 amide bonds. The van der Waals surface area contributed by atoms with Gasteiger partial charge in [-0.3, -0.25) is 0 Å². The molecular formula is C14H25NO2. The van der Waals surface area contributed by atoms with Crippen molar-refractivity contribution in [3.8, 4) is 0 Å². The molecule has 0 spiro atoms. The molecule has 2 aliphatic heterocycles. The van der Waals surface area contributed by atoms with Crippen LogP contribution in [0.15, 0.2) is 0 Å². The molecule has 98 valence electrons. The van der Waals surface area contributed by atoms with E-state index < -0.39 is 0 Å². The molecule has 3 nitrogen and oxygen atoms in total. The predicted molar refractivity (Wildman–Crippen MR) is 67.9 cm³/mol. The third-order valence-electron chi connectivity index (χ3n) is 4.35. The smallest absolute Gasteiger partial charge is 0.410 e. The summed E-state index contributed by atoms with van der Waals surface area (Å²) in [5.41, 5.74) is 0. The molecule has 3 heteroatoms. The van der Waals surface area contributed by atoms with Crippen LogP contribution in [0.25, 0.3) is 0 Å². The first kappa shape index (κ1) is 12.7. The topological polar surface area (TPSA) is 29.5 Å². The first-order valence-electron chi connectivity index (χ1n) is 7.08. The molecular weight excluding hydrogens is 214 g/mol. The van der Waals surface area contributed by atoms with E-state index in [9.17, 15) is 4.79 Å². The summed E-state index contributed by atoms with van der Waals surface area (Å²) in [4.78, 5) is 14.0. The zero-order chi connectivity index (χ0) is 12.4. The van der Waals surface area contributed by atoms with E-state index in [0.29, 0.717) is 18.7 Å². The highest BCUT2D eigenvalue weighted by Crippen LogP contribution is 2.41. The number of nitrogens with zero attached hydrogens (tertiary/aromatic N) is 1. The van der Waals surface area contributed by atoms with Crippen LogP contribution in [0.1, 0.15) is 52.9 Å². The fourth-order valence-corrected chi connectivity index (χ4v) is 3.33. The Kier molecular flexibility index (Phi) is 3.95. The van der Waals surface area contributed by atoms with Crippen LogP contribution in [0, 0.1) is 11.8 Å². The Labute approximate surface area is 105 Å². The normalized spacial score (nSPS) is 32.0. The highest BCUT2D eigenvalue weighted by molar-refractivity contribution is 5.69. The van der Waals surface area contributed by atoms with Gasteiger partial charge in [0, 0.05) is 12.1 Å². The molecule has 2 heterocycles. The minimum absolute atomic E-state index is 0.0680. The second-order valence-corrected chi connectivity index (χ2v) is 5.88. The van der Waals surface area contributed by atoms with Crippen LogP contribution >= 0.6 is 0 Å². The van der Waals surface area contributed by atoms with Crippen LogP contribution in [0.3, 0.4) is 0 Å². The molecule has 0 aliphatic carbocycles. The van der Waals surface area contributed by atoms with Gasteiger partial charge in [-0.15, -0.1) is 0 Å². The van der Waals surface area contributed by atoms with E-state index in [0.717, 1.165) is 18.3 Å². The van der Waals surface area contributed by atoms with Crippen molar-refractivity contribution >= 4 is 6.09 Å². The van der Waals surface area contributed by atoms with E-state index in [1.165, 1.54) is 25.7 Å². The monoisotopic (exact) mass is 239 g/mol. The van der Waals surface area contributed by atoms with Gasteiger partial charge < -0.3 is 9.64 Å². The number of rotatable bonds is 3. The third kappa shape index (κ3) is 2.58. The summed E-state index contributed by atoms with van der Waals surface area (Å²) in [6, 6.07) is 0.899. The van der Waals surface area contributed by atoms with Crippen LogP contribution in [0.2, 0.25) is 0 Å². The first-order valence-corrected chi connectivity index (χ1v) is 7.08. The molecule has 2 saturated heterocycles. The van der Waals surface area contributed by atoms with Crippen molar-refractivity contribution in [2.24, 2.45) is 11.8 Å². The molecule has 2 atom stereocenters. The number of carbonyl (C=O) groups is 1. The lowest BCUT2D eigenvalue weighted by molar-refractivity contribution is 0.0503. The van der Waals surface area contributed by atoms with E-state index in [1.54, 1.807) is 0 Å². The maximum Gasteiger partial charge on any atom is 0.410 e. The molecule has 2 bridgehead atoms. The molecule has 2 unspecified atom stereocenters. The maximum atomic E-state index is 12.0. The van der Waals surface area contributed by atoms with E-state index in [4.69, 9.17) is 4.74 Å². The third-order valence-corrected chi connectivity index (χ3v) is 4.35. The van der Waals surface area contributed by atoms with Crippen molar-refractivity contribution in [2.75, 3.05) is 6.61 Å². The van der Waals surface area contributed by atoms with Gasteiger partial charge in [-0.2, -0.15) is 0 Å². The van der Waals surface area contributed by atoms with Crippen molar-refractivity contribution in [2.45, 2.75) is 65.0 Å².